The van der Waals surface area contributed by atoms with Crippen LogP contribution in [0, 0.1) is 0 Å². The molecule has 50 heavy (non-hydrogen) atoms. The zero-order valence-electron chi connectivity index (χ0n) is 27.0. The number of nitrogens with zero attached hydrogens (tertiary/aromatic N) is 5. The summed E-state index contributed by atoms with van der Waals surface area (Å²) in [6.45, 7) is -0.0123. The Morgan fingerprint density at radius 1 is 0.420 bits per heavy atom. The third-order valence-corrected chi connectivity index (χ3v) is 10.4. The highest BCUT2D eigenvalue weighted by Crippen LogP contribution is 2.40. The van der Waals surface area contributed by atoms with Gasteiger partial charge in [0.05, 0.1) is 27.8 Å². The van der Waals surface area contributed by atoms with E-state index in [1.54, 1.807) is 0 Å². The molecule has 2 aliphatic heterocycles. The second-order valence-electron chi connectivity index (χ2n) is 13.2. The molecule has 0 fully saturated rings. The molecule has 0 saturated carbocycles. The van der Waals surface area contributed by atoms with Crippen molar-refractivity contribution in [2.45, 2.75) is 0 Å². The number of anilines is 3. The number of rotatable bonds is 5. The summed E-state index contributed by atoms with van der Waals surface area (Å²) in [5.41, 5.74) is 18.4. The number of fused-ring (bicyclic) bond motifs is 4. The van der Waals surface area contributed by atoms with Crippen LogP contribution in [0.15, 0.2) is 170 Å². The Kier molecular flexibility index (Phi) is 5.69. The van der Waals surface area contributed by atoms with Crippen LogP contribution in [0.5, 0.6) is 0 Å². The summed E-state index contributed by atoms with van der Waals surface area (Å²) in [4.78, 5) is 12.5. The molecule has 232 valence electrons. The van der Waals surface area contributed by atoms with Gasteiger partial charge in [-0.2, -0.15) is 0 Å². The van der Waals surface area contributed by atoms with Crippen LogP contribution in [0.2, 0.25) is 0 Å². The van der Waals surface area contributed by atoms with Crippen LogP contribution in [0.3, 0.4) is 0 Å². The van der Waals surface area contributed by atoms with E-state index in [0.717, 1.165) is 50.5 Å². The van der Waals surface area contributed by atoms with Crippen LogP contribution in [-0.2, 0) is 0 Å². The molecule has 0 bridgehead atoms. The number of aromatic nitrogens is 4. The van der Waals surface area contributed by atoms with Gasteiger partial charge in [-0.15, -0.1) is 0 Å². The first-order valence-electron chi connectivity index (χ1n) is 17.0. The van der Waals surface area contributed by atoms with Gasteiger partial charge in [-0.1, -0.05) is 109 Å². The second-order valence-corrected chi connectivity index (χ2v) is 13.2. The zero-order valence-corrected chi connectivity index (χ0v) is 27.0. The van der Waals surface area contributed by atoms with Crippen LogP contribution in [-0.4, -0.2) is 25.8 Å². The third-order valence-electron chi connectivity index (χ3n) is 10.4. The van der Waals surface area contributed by atoms with Gasteiger partial charge in [0.2, 0.25) is 0 Å². The van der Waals surface area contributed by atoms with Crippen LogP contribution in [0.1, 0.15) is 0 Å². The maximum atomic E-state index is 5.07. The van der Waals surface area contributed by atoms with Crippen molar-refractivity contribution >= 4 is 62.2 Å². The molecule has 2 aliphatic rings. The molecule has 0 saturated heterocycles. The summed E-state index contributed by atoms with van der Waals surface area (Å²) in [5, 5.41) is 0. The van der Waals surface area contributed by atoms with Gasteiger partial charge in [-0.3, -0.25) is 9.13 Å². The van der Waals surface area contributed by atoms with Crippen molar-refractivity contribution in [1.82, 2.24) is 19.1 Å². The smallest absolute Gasteiger partial charge is 0.252 e. The molecular weight excluding hydrogens is 609 g/mol. The molecule has 0 amide bonds. The van der Waals surface area contributed by atoms with Gasteiger partial charge in [-0.25, -0.2) is 9.97 Å². The summed E-state index contributed by atoms with van der Waals surface area (Å²) in [7, 11) is 0. The molecule has 0 atom stereocenters. The van der Waals surface area contributed by atoms with E-state index in [2.05, 4.69) is 172 Å². The Hall–Kier alpha value is -6.66. The quantitative estimate of drug-likeness (QED) is 0.178. The Labute approximate surface area is 289 Å². The van der Waals surface area contributed by atoms with Crippen molar-refractivity contribution in [1.29, 1.82) is 0 Å². The summed E-state index contributed by atoms with van der Waals surface area (Å²) in [6.07, 6.45) is 4.01. The first-order valence-corrected chi connectivity index (χ1v) is 17.0. The van der Waals surface area contributed by atoms with Crippen molar-refractivity contribution in [2.24, 2.45) is 0 Å². The van der Waals surface area contributed by atoms with Gasteiger partial charge in [0.25, 0.3) is 6.71 Å². The van der Waals surface area contributed by atoms with E-state index in [4.69, 9.17) is 9.97 Å². The molecule has 0 N–H and O–H groups in total. The lowest BCUT2D eigenvalue weighted by atomic mass is 9.34. The number of benzene rings is 7. The van der Waals surface area contributed by atoms with Crippen molar-refractivity contribution in [3.8, 4) is 33.6 Å². The average molecular weight is 638 g/mol. The van der Waals surface area contributed by atoms with E-state index in [-0.39, 0.29) is 6.71 Å². The van der Waals surface area contributed by atoms with Crippen LogP contribution in [0.4, 0.5) is 17.1 Å². The Morgan fingerprint density at radius 2 is 0.840 bits per heavy atom. The van der Waals surface area contributed by atoms with Gasteiger partial charge < -0.3 is 4.90 Å². The van der Waals surface area contributed by atoms with Gasteiger partial charge in [-0.05, 0) is 87.2 Å². The first kappa shape index (κ1) is 27.3. The second kappa shape index (κ2) is 10.4. The molecule has 6 heteroatoms. The van der Waals surface area contributed by atoms with Crippen LogP contribution < -0.4 is 21.3 Å². The number of para-hydroxylation sites is 2. The van der Waals surface area contributed by atoms with Gasteiger partial charge in [0, 0.05) is 22.7 Å². The minimum atomic E-state index is -0.0123. The fourth-order valence-electron chi connectivity index (χ4n) is 8.27. The molecule has 9 aromatic rings. The lowest BCUT2D eigenvalue weighted by molar-refractivity contribution is 1.06. The van der Waals surface area contributed by atoms with E-state index in [0.29, 0.717) is 0 Å². The minimum Gasteiger partial charge on any atom is -0.310 e. The number of hydrogen-bond acceptors (Lipinski definition) is 3. The Balaban J connectivity index is 1.25. The van der Waals surface area contributed by atoms with Crippen molar-refractivity contribution in [3.05, 3.63) is 170 Å². The average Bonchev–Trinajstić information content (AvgIpc) is 3.82. The van der Waals surface area contributed by atoms with E-state index in [9.17, 15) is 0 Å². The molecule has 0 spiro atoms. The summed E-state index contributed by atoms with van der Waals surface area (Å²) < 4.78 is 4.62. The SMILES string of the molecule is c1ccc(-c2cc3c4c(c2)ncn4-c2cc(N(c4ccccc4)c4ccccc4)cc4c2B3c2cc(-c3ccccc3)cc3ncn-4c23)cc1. The molecule has 0 radical (unpaired) electrons. The monoisotopic (exact) mass is 637 g/mol. The fraction of sp³-hybridized carbons (Fsp3) is 0. The predicted octanol–water partition coefficient (Wildman–Crippen LogP) is 8.31. The fourth-order valence-corrected chi connectivity index (χ4v) is 8.27. The predicted molar refractivity (Wildman–Crippen MR) is 206 cm³/mol. The normalized spacial score (nSPS) is 12.4. The minimum absolute atomic E-state index is 0.0123. The highest BCUT2D eigenvalue weighted by molar-refractivity contribution is 7.00. The van der Waals surface area contributed by atoms with Crippen molar-refractivity contribution < 1.29 is 0 Å². The molecule has 0 unspecified atom stereocenters. The topological polar surface area (TPSA) is 38.9 Å². The largest absolute Gasteiger partial charge is 0.310 e. The van der Waals surface area contributed by atoms with Gasteiger partial charge in [0.1, 0.15) is 12.7 Å². The lowest BCUT2D eigenvalue weighted by Gasteiger charge is -2.35. The standard InChI is InChI=1S/C44H28BN5/c1-5-13-29(14-6-1)31-21-36-43-38(23-31)46-27-48(43)40-25-35(50(33-17-9-3-10-18-33)34-19-11-4-12-20-34)26-41-42(40)45(36)37-22-32(30-15-7-2-8-16-30)24-39-44(37)49(41)28-47-39/h1-28H. The van der Waals surface area contributed by atoms with Gasteiger partial charge >= 0.3 is 0 Å². The number of hydrogen-bond donors (Lipinski definition) is 0. The van der Waals surface area contributed by atoms with Crippen LogP contribution in [0.25, 0.3) is 55.7 Å². The van der Waals surface area contributed by atoms with Crippen LogP contribution >= 0.6 is 0 Å². The highest BCUT2D eigenvalue weighted by Gasteiger charge is 2.41. The van der Waals surface area contributed by atoms with Gasteiger partial charge in [0.15, 0.2) is 0 Å². The van der Waals surface area contributed by atoms with E-state index >= 15 is 0 Å². The molecule has 4 heterocycles. The lowest BCUT2D eigenvalue weighted by Crippen LogP contribution is -2.59. The van der Waals surface area contributed by atoms with Crippen molar-refractivity contribution in [3.63, 3.8) is 0 Å². The maximum Gasteiger partial charge on any atom is 0.252 e. The highest BCUT2D eigenvalue weighted by atomic mass is 15.2. The first-order chi connectivity index (χ1) is 24.8. The van der Waals surface area contributed by atoms with E-state index in [1.165, 1.54) is 38.6 Å². The van der Waals surface area contributed by atoms with E-state index < -0.39 is 0 Å². The maximum absolute atomic E-state index is 5.07. The van der Waals surface area contributed by atoms with E-state index in [1.807, 2.05) is 12.7 Å². The van der Waals surface area contributed by atoms with Crippen molar-refractivity contribution in [2.75, 3.05) is 4.90 Å². The molecule has 11 rings (SSSR count). The Bertz CT molecular complexity index is 2570. The molecule has 5 nitrogen and oxygen atoms in total. The third kappa shape index (κ3) is 3.90. The molecule has 2 aromatic heterocycles. The Morgan fingerprint density at radius 3 is 1.28 bits per heavy atom. The zero-order chi connectivity index (χ0) is 32.8. The number of imidazole rings is 2. The molecule has 0 aliphatic carbocycles. The molecule has 7 aromatic carbocycles. The molecular formula is C44H28BN5. The summed E-state index contributed by atoms with van der Waals surface area (Å²) >= 11 is 0. The summed E-state index contributed by atoms with van der Waals surface area (Å²) in [6, 6.07) is 56.5. The summed E-state index contributed by atoms with van der Waals surface area (Å²) in [5.74, 6) is 0.